The molecule has 0 spiro atoms. The van der Waals surface area contributed by atoms with Crippen molar-refractivity contribution in [2.75, 3.05) is 6.54 Å². The first-order valence-corrected chi connectivity index (χ1v) is 5.75. The Balaban J connectivity index is 2.45. The van der Waals surface area contributed by atoms with Crippen LogP contribution in [0, 0.1) is 5.92 Å². The monoisotopic (exact) mass is 215 g/mol. The molecule has 0 amide bonds. The first-order chi connectivity index (χ1) is 6.47. The van der Waals surface area contributed by atoms with E-state index in [1.807, 2.05) is 0 Å². The van der Waals surface area contributed by atoms with Crippen LogP contribution in [0.25, 0.3) is 0 Å². The summed E-state index contributed by atoms with van der Waals surface area (Å²) in [5.41, 5.74) is 3.36. The van der Waals surface area contributed by atoms with E-state index in [-0.39, 0.29) is 5.66 Å². The minimum Gasteiger partial charge on any atom is -0.342 e. The maximum atomic E-state index is 5.26. The first-order valence-electron chi connectivity index (χ1n) is 5.34. The van der Waals surface area contributed by atoms with Gasteiger partial charge in [-0.3, -0.25) is 5.01 Å². The number of hydrazine groups is 1. The van der Waals surface area contributed by atoms with E-state index in [1.54, 1.807) is 0 Å². The summed E-state index contributed by atoms with van der Waals surface area (Å²) in [6.45, 7) is 9.72. The minimum atomic E-state index is -0.0476. The van der Waals surface area contributed by atoms with Crippen molar-refractivity contribution in [3.05, 3.63) is 0 Å². The van der Waals surface area contributed by atoms with Crippen molar-refractivity contribution in [1.29, 1.82) is 0 Å². The zero-order chi connectivity index (χ0) is 10.8. The summed E-state index contributed by atoms with van der Waals surface area (Å²) in [4.78, 5) is 0. The average molecular weight is 215 g/mol. The molecule has 2 N–H and O–H groups in total. The van der Waals surface area contributed by atoms with Crippen molar-refractivity contribution in [3.8, 4) is 0 Å². The zero-order valence-corrected chi connectivity index (χ0v) is 10.4. The molecule has 1 aliphatic heterocycles. The van der Waals surface area contributed by atoms with Crippen LogP contribution < -0.4 is 10.7 Å². The Bertz CT molecular complexity index is 217. The molecule has 4 heteroatoms. The Hall–Kier alpha value is -0.350. The molecule has 82 valence electrons. The molecule has 1 fully saturated rings. The lowest BCUT2D eigenvalue weighted by molar-refractivity contribution is 0.220. The van der Waals surface area contributed by atoms with E-state index in [0.29, 0.717) is 5.92 Å². The van der Waals surface area contributed by atoms with Crippen LogP contribution in [0.3, 0.4) is 0 Å². The van der Waals surface area contributed by atoms with Gasteiger partial charge in [0, 0.05) is 6.54 Å². The Morgan fingerprint density at radius 3 is 2.57 bits per heavy atom. The second-order valence-electron chi connectivity index (χ2n) is 4.56. The third-order valence-corrected chi connectivity index (χ3v) is 2.97. The Labute approximate surface area is 92.2 Å². The van der Waals surface area contributed by atoms with Crippen LogP contribution >= 0.6 is 12.2 Å². The fourth-order valence-electron chi connectivity index (χ4n) is 1.39. The molecule has 0 aromatic carbocycles. The van der Waals surface area contributed by atoms with Crippen LogP contribution in [-0.4, -0.2) is 22.3 Å². The zero-order valence-electron chi connectivity index (χ0n) is 9.55. The normalized spacial score (nSPS) is 27.2. The van der Waals surface area contributed by atoms with E-state index >= 15 is 0 Å². The Morgan fingerprint density at radius 1 is 1.50 bits per heavy atom. The largest absolute Gasteiger partial charge is 0.342 e. The standard InChI is InChI=1S/C10H21N3S/c1-5-10(4)11-9(14)13(12-10)7-6-8(2)3/h8,12H,5-7H2,1-4H3,(H,11,14)/t10-/m1/s1. The fourth-order valence-corrected chi connectivity index (χ4v) is 1.75. The van der Waals surface area contributed by atoms with E-state index in [9.17, 15) is 0 Å². The highest BCUT2D eigenvalue weighted by molar-refractivity contribution is 7.80. The summed E-state index contributed by atoms with van der Waals surface area (Å²) < 4.78 is 0. The third kappa shape index (κ3) is 2.82. The fraction of sp³-hybridized carbons (Fsp3) is 0.900. The summed E-state index contributed by atoms with van der Waals surface area (Å²) in [6, 6.07) is 0. The van der Waals surface area contributed by atoms with Gasteiger partial charge in [-0.2, -0.15) is 0 Å². The van der Waals surface area contributed by atoms with E-state index in [1.165, 1.54) is 0 Å². The van der Waals surface area contributed by atoms with Crippen LogP contribution in [0.15, 0.2) is 0 Å². The van der Waals surface area contributed by atoms with Crippen LogP contribution in [-0.2, 0) is 0 Å². The quantitative estimate of drug-likeness (QED) is 0.700. The molecule has 0 radical (unpaired) electrons. The van der Waals surface area contributed by atoms with Crippen molar-refractivity contribution >= 4 is 17.3 Å². The number of hydrogen-bond donors (Lipinski definition) is 2. The predicted octanol–water partition coefficient (Wildman–Crippen LogP) is 1.85. The van der Waals surface area contributed by atoms with Gasteiger partial charge in [0.15, 0.2) is 5.11 Å². The summed E-state index contributed by atoms with van der Waals surface area (Å²) in [5.74, 6) is 0.716. The molecule has 0 aliphatic carbocycles. The summed E-state index contributed by atoms with van der Waals surface area (Å²) in [5, 5.41) is 6.18. The van der Waals surface area contributed by atoms with Crippen molar-refractivity contribution in [2.45, 2.75) is 46.2 Å². The smallest absolute Gasteiger partial charge is 0.185 e. The van der Waals surface area contributed by atoms with Crippen molar-refractivity contribution in [1.82, 2.24) is 15.8 Å². The molecule has 1 heterocycles. The average Bonchev–Trinajstić information content (AvgIpc) is 2.39. The molecule has 0 saturated carbocycles. The molecule has 0 aromatic rings. The van der Waals surface area contributed by atoms with Gasteiger partial charge in [0.2, 0.25) is 0 Å². The molecule has 1 aliphatic rings. The van der Waals surface area contributed by atoms with Gasteiger partial charge in [-0.1, -0.05) is 20.8 Å². The van der Waals surface area contributed by atoms with Crippen molar-refractivity contribution in [2.24, 2.45) is 5.92 Å². The lowest BCUT2D eigenvalue weighted by atomic mass is 10.1. The summed E-state index contributed by atoms with van der Waals surface area (Å²) in [6.07, 6.45) is 2.18. The minimum absolute atomic E-state index is 0.0476. The maximum Gasteiger partial charge on any atom is 0.185 e. The second kappa shape index (κ2) is 4.45. The van der Waals surface area contributed by atoms with Crippen LogP contribution in [0.2, 0.25) is 0 Å². The number of nitrogens with one attached hydrogen (secondary N) is 2. The molecule has 0 unspecified atom stereocenters. The number of hydrogen-bond acceptors (Lipinski definition) is 2. The van der Waals surface area contributed by atoms with Gasteiger partial charge in [0.1, 0.15) is 5.66 Å². The Kier molecular flexibility index (Phi) is 3.72. The number of thiocarbonyl (C=S) groups is 1. The second-order valence-corrected chi connectivity index (χ2v) is 4.95. The third-order valence-electron chi connectivity index (χ3n) is 2.65. The molecule has 0 aromatic heterocycles. The molecule has 1 saturated heterocycles. The highest BCUT2D eigenvalue weighted by atomic mass is 32.1. The van der Waals surface area contributed by atoms with Gasteiger partial charge in [-0.15, -0.1) is 0 Å². The molecule has 3 nitrogen and oxygen atoms in total. The topological polar surface area (TPSA) is 27.3 Å². The molecule has 0 bridgehead atoms. The van der Waals surface area contributed by atoms with E-state index in [2.05, 4.69) is 43.4 Å². The molecule has 1 atom stereocenters. The molecule has 14 heavy (non-hydrogen) atoms. The molecular weight excluding hydrogens is 194 g/mol. The molecule has 1 rings (SSSR count). The number of nitrogens with zero attached hydrogens (tertiary/aromatic N) is 1. The maximum absolute atomic E-state index is 5.26. The van der Waals surface area contributed by atoms with Crippen molar-refractivity contribution < 1.29 is 0 Å². The highest BCUT2D eigenvalue weighted by Gasteiger charge is 2.33. The number of rotatable bonds is 4. The van der Waals surface area contributed by atoms with Crippen LogP contribution in [0.5, 0.6) is 0 Å². The van der Waals surface area contributed by atoms with E-state index in [0.717, 1.165) is 24.5 Å². The van der Waals surface area contributed by atoms with E-state index < -0.39 is 0 Å². The van der Waals surface area contributed by atoms with Gasteiger partial charge >= 0.3 is 0 Å². The predicted molar refractivity (Wildman–Crippen MR) is 63.7 cm³/mol. The summed E-state index contributed by atoms with van der Waals surface area (Å²) in [7, 11) is 0. The van der Waals surface area contributed by atoms with Gasteiger partial charge in [0.25, 0.3) is 0 Å². The SMILES string of the molecule is CC[C@]1(C)NC(=S)N(CCC(C)C)N1. The van der Waals surface area contributed by atoms with Crippen molar-refractivity contribution in [3.63, 3.8) is 0 Å². The lowest BCUT2D eigenvalue weighted by Crippen LogP contribution is -2.48. The van der Waals surface area contributed by atoms with Gasteiger partial charge in [0.05, 0.1) is 0 Å². The first kappa shape index (κ1) is 11.7. The van der Waals surface area contributed by atoms with Crippen LogP contribution in [0.1, 0.15) is 40.5 Å². The van der Waals surface area contributed by atoms with E-state index in [4.69, 9.17) is 12.2 Å². The Morgan fingerprint density at radius 2 is 2.14 bits per heavy atom. The van der Waals surface area contributed by atoms with Crippen LogP contribution in [0.4, 0.5) is 0 Å². The van der Waals surface area contributed by atoms with Gasteiger partial charge in [-0.25, -0.2) is 5.43 Å². The highest BCUT2D eigenvalue weighted by Crippen LogP contribution is 2.14. The summed E-state index contributed by atoms with van der Waals surface area (Å²) >= 11 is 5.26. The lowest BCUT2D eigenvalue weighted by Gasteiger charge is -2.24. The van der Waals surface area contributed by atoms with Gasteiger partial charge in [-0.05, 0) is 37.9 Å². The molecular formula is C10H21N3S. The van der Waals surface area contributed by atoms with Gasteiger partial charge < -0.3 is 5.32 Å².